The van der Waals surface area contributed by atoms with Crippen LogP contribution >= 0.6 is 0 Å². The number of carboxylic acid groups (broad SMARTS) is 1. The van der Waals surface area contributed by atoms with Crippen molar-refractivity contribution in [2.45, 2.75) is 134 Å². The molecule has 1 aromatic carbocycles. The fraction of sp³-hybridized carbons (Fsp3) is 0.725. The van der Waals surface area contributed by atoms with Gasteiger partial charge in [0.25, 0.3) is 0 Å². The summed E-state index contributed by atoms with van der Waals surface area (Å²) < 4.78 is 11.9. The Hall–Kier alpha value is -3.55. The van der Waals surface area contributed by atoms with Crippen LogP contribution in [-0.4, -0.2) is 121 Å². The quantitative estimate of drug-likeness (QED) is 0.167. The van der Waals surface area contributed by atoms with E-state index in [0.29, 0.717) is 31.3 Å². The second-order valence-corrected chi connectivity index (χ2v) is 15.8. The lowest BCUT2D eigenvalue weighted by Crippen LogP contribution is -2.60. The number of carbonyl (C=O) groups is 5. The van der Waals surface area contributed by atoms with Crippen LogP contribution in [0, 0.1) is 23.7 Å². The first-order valence-electron chi connectivity index (χ1n) is 19.5. The van der Waals surface area contributed by atoms with Gasteiger partial charge < -0.3 is 40.3 Å². The average molecular weight is 742 g/mol. The average Bonchev–Trinajstić information content (AvgIpc) is 3.92. The van der Waals surface area contributed by atoms with E-state index in [9.17, 15) is 29.1 Å². The third-order valence-electron chi connectivity index (χ3n) is 12.0. The predicted molar refractivity (Wildman–Crippen MR) is 201 cm³/mol. The maximum absolute atomic E-state index is 14.2. The Morgan fingerprint density at radius 1 is 1.00 bits per heavy atom. The topological polar surface area (TPSA) is 167 Å². The zero-order valence-electron chi connectivity index (χ0n) is 32.9. The van der Waals surface area contributed by atoms with Gasteiger partial charge in [-0.05, 0) is 55.4 Å². The number of aliphatic carboxylic acids is 1. The molecular formula is C40H63N5O8. The summed E-state index contributed by atoms with van der Waals surface area (Å²) in [5.74, 6) is -2.77. The van der Waals surface area contributed by atoms with Crippen molar-refractivity contribution in [3.05, 3.63) is 35.9 Å². The third kappa shape index (κ3) is 10.2. The van der Waals surface area contributed by atoms with Gasteiger partial charge in [-0.1, -0.05) is 71.4 Å². The number of benzene rings is 1. The molecule has 11 atom stereocenters. The highest BCUT2D eigenvalue weighted by atomic mass is 16.5. The van der Waals surface area contributed by atoms with Crippen molar-refractivity contribution in [2.75, 3.05) is 27.8 Å². The van der Waals surface area contributed by atoms with E-state index >= 15 is 0 Å². The van der Waals surface area contributed by atoms with Crippen molar-refractivity contribution in [3.8, 4) is 0 Å². The Labute approximate surface area is 315 Å². The molecule has 53 heavy (non-hydrogen) atoms. The second kappa shape index (κ2) is 19.2. The lowest BCUT2D eigenvalue weighted by molar-refractivity contribution is -0.148. The molecule has 1 aromatic rings. The molecular weight excluding hydrogens is 678 g/mol. The smallest absolute Gasteiger partial charge is 0.326 e. The summed E-state index contributed by atoms with van der Waals surface area (Å²) in [6.45, 7) is 10.1. The molecule has 0 spiro atoms. The number of carboxylic acids is 1. The molecule has 1 saturated carbocycles. The van der Waals surface area contributed by atoms with E-state index < -0.39 is 54.2 Å². The second-order valence-electron chi connectivity index (χ2n) is 15.8. The first kappa shape index (κ1) is 42.2. The molecule has 4 N–H and O–H groups in total. The summed E-state index contributed by atoms with van der Waals surface area (Å²) >= 11 is 0. The van der Waals surface area contributed by atoms with Gasteiger partial charge in [0.1, 0.15) is 12.1 Å². The van der Waals surface area contributed by atoms with Crippen molar-refractivity contribution < 1.29 is 38.6 Å². The number of piperidine rings is 1. The number of methoxy groups -OCH3 is 2. The Kier molecular flexibility index (Phi) is 15.3. The molecule has 3 fully saturated rings. The number of likely N-dealkylation sites (N-methyl/N-ethyl adjacent to an activating group) is 1. The maximum atomic E-state index is 14.2. The molecule has 3 aliphatic rings. The van der Waals surface area contributed by atoms with Crippen LogP contribution in [0.3, 0.4) is 0 Å². The zero-order valence-corrected chi connectivity index (χ0v) is 32.9. The van der Waals surface area contributed by atoms with Crippen molar-refractivity contribution in [1.29, 1.82) is 0 Å². The third-order valence-corrected chi connectivity index (χ3v) is 12.0. The van der Waals surface area contributed by atoms with Gasteiger partial charge in [0, 0.05) is 40.3 Å². The van der Waals surface area contributed by atoms with Crippen molar-refractivity contribution >= 4 is 29.6 Å². The monoisotopic (exact) mass is 741 g/mol. The first-order valence-corrected chi connectivity index (χ1v) is 19.5. The number of ether oxygens (including phenoxy) is 2. The summed E-state index contributed by atoms with van der Waals surface area (Å²) in [6.07, 6.45) is 3.98. The van der Waals surface area contributed by atoms with Crippen LogP contribution in [0.15, 0.2) is 30.3 Å². The van der Waals surface area contributed by atoms with Crippen LogP contribution in [0.4, 0.5) is 0 Å². The van der Waals surface area contributed by atoms with Crippen molar-refractivity contribution in [2.24, 2.45) is 23.7 Å². The Morgan fingerprint density at radius 2 is 1.70 bits per heavy atom. The molecule has 0 aromatic heterocycles. The number of hydrogen-bond acceptors (Lipinski definition) is 8. The molecule has 4 rings (SSSR count). The minimum atomic E-state index is -1.13. The van der Waals surface area contributed by atoms with Crippen LogP contribution in [-0.2, 0) is 39.9 Å². The standard InChI is InChI=1S/C40H63N5O8/c1-9-24(4)35(44(6)39(49)33(23(2)3)43-38(48)34-27-17-18-28(21-27)41-34)31(52-7)22-32(46)45-19-13-16-30(45)36(53-8)25(5)37(47)42-29(40(50)51)20-26-14-11-10-12-15-26/h10-12,14-15,23-25,27-31,33-36,41H,9,13,16-22H2,1-8H3,(H,42,47)(H,43,48)(H,50,51)/t24-,25+,27?,28-,29-,30-,31+,33-,34-,35-,36+/m0/s1. The van der Waals surface area contributed by atoms with E-state index in [2.05, 4.69) is 16.0 Å². The SMILES string of the molecule is CC[C@H](C)[C@@H]([C@@H](CC(=O)N1CCC[C@H]1[C@H](OC)[C@@H](C)C(=O)N[C@@H](Cc1ccccc1)C(=O)O)OC)N(C)C(=O)[C@@H](NC(=O)[C@H]1N[C@H]2CCC1C2)C(C)C. The van der Waals surface area contributed by atoms with E-state index in [4.69, 9.17) is 9.47 Å². The van der Waals surface area contributed by atoms with Crippen LogP contribution in [0.1, 0.15) is 85.1 Å². The highest BCUT2D eigenvalue weighted by Gasteiger charge is 2.46. The van der Waals surface area contributed by atoms with Gasteiger partial charge in [-0.2, -0.15) is 0 Å². The largest absolute Gasteiger partial charge is 0.480 e. The lowest BCUT2D eigenvalue weighted by atomic mass is 9.89. The van der Waals surface area contributed by atoms with E-state index in [0.717, 1.165) is 31.2 Å². The molecule has 1 unspecified atom stereocenters. The fourth-order valence-electron chi connectivity index (χ4n) is 8.79. The number of amides is 4. The summed E-state index contributed by atoms with van der Waals surface area (Å²) in [6, 6.07) is 6.47. The van der Waals surface area contributed by atoms with Crippen LogP contribution in [0.5, 0.6) is 0 Å². The van der Waals surface area contributed by atoms with Crippen LogP contribution in [0.25, 0.3) is 0 Å². The van der Waals surface area contributed by atoms with E-state index in [1.54, 1.807) is 30.9 Å². The van der Waals surface area contributed by atoms with Gasteiger partial charge in [-0.25, -0.2) is 4.79 Å². The summed E-state index contributed by atoms with van der Waals surface area (Å²) in [5, 5.41) is 19.1. The van der Waals surface area contributed by atoms with Gasteiger partial charge in [-0.15, -0.1) is 0 Å². The highest BCUT2D eigenvalue weighted by Crippen LogP contribution is 2.35. The predicted octanol–water partition coefficient (Wildman–Crippen LogP) is 3.00. The van der Waals surface area contributed by atoms with Crippen LogP contribution < -0.4 is 16.0 Å². The van der Waals surface area contributed by atoms with Gasteiger partial charge in [0.05, 0.1) is 42.7 Å². The number of likely N-dealkylation sites (tertiary alicyclic amines) is 1. The molecule has 2 saturated heterocycles. The van der Waals surface area contributed by atoms with Gasteiger partial charge >= 0.3 is 5.97 Å². The molecule has 13 nitrogen and oxygen atoms in total. The lowest BCUT2D eigenvalue weighted by Gasteiger charge is -2.41. The first-order chi connectivity index (χ1) is 25.2. The number of rotatable bonds is 19. The molecule has 1 aliphatic carbocycles. The van der Waals surface area contributed by atoms with Gasteiger partial charge in [0.2, 0.25) is 23.6 Å². The van der Waals surface area contributed by atoms with Gasteiger partial charge in [0.15, 0.2) is 0 Å². The Balaban J connectivity index is 1.45. The summed E-state index contributed by atoms with van der Waals surface area (Å²) in [4.78, 5) is 70.7. The number of carbonyl (C=O) groups excluding carboxylic acids is 4. The molecule has 2 heterocycles. The van der Waals surface area contributed by atoms with Gasteiger partial charge in [-0.3, -0.25) is 19.2 Å². The Bertz CT molecular complexity index is 1410. The number of fused-ring (bicyclic) bond motifs is 2. The van der Waals surface area contributed by atoms with E-state index in [-0.39, 0.29) is 48.4 Å². The normalized spacial score (nSPS) is 24.9. The highest BCUT2D eigenvalue weighted by molar-refractivity contribution is 5.90. The number of nitrogens with one attached hydrogen (secondary N) is 3. The summed E-state index contributed by atoms with van der Waals surface area (Å²) in [5.41, 5.74) is 0.789. The maximum Gasteiger partial charge on any atom is 0.326 e. The van der Waals surface area contributed by atoms with E-state index in [1.807, 2.05) is 58.0 Å². The zero-order chi connectivity index (χ0) is 39.0. The molecule has 4 amide bonds. The van der Waals surface area contributed by atoms with E-state index in [1.165, 1.54) is 7.11 Å². The Morgan fingerprint density at radius 3 is 2.25 bits per heavy atom. The molecule has 0 radical (unpaired) electrons. The van der Waals surface area contributed by atoms with Crippen molar-refractivity contribution in [3.63, 3.8) is 0 Å². The van der Waals surface area contributed by atoms with Crippen molar-refractivity contribution in [1.82, 2.24) is 25.8 Å². The summed E-state index contributed by atoms with van der Waals surface area (Å²) in [7, 11) is 4.78. The minimum absolute atomic E-state index is 0.00255. The molecule has 296 valence electrons. The molecule has 2 bridgehead atoms. The fourth-order valence-corrected chi connectivity index (χ4v) is 8.79. The molecule has 13 heteroatoms. The number of hydrogen-bond donors (Lipinski definition) is 4. The van der Waals surface area contributed by atoms with Crippen LogP contribution in [0.2, 0.25) is 0 Å². The molecule has 2 aliphatic heterocycles. The minimum Gasteiger partial charge on any atom is -0.480 e. The number of nitrogens with zero attached hydrogens (tertiary/aromatic N) is 2.